The first-order valence-electron chi connectivity index (χ1n) is 17.5. The molecule has 0 aromatic carbocycles. The Kier molecular flexibility index (Phi) is 23.6. The molecule has 0 aromatic rings. The van der Waals surface area contributed by atoms with Crippen LogP contribution in [0.4, 0.5) is 0 Å². The zero-order chi connectivity index (χ0) is 36.6. The number of hydrogen-bond acceptors (Lipinski definition) is 8. The molecule has 0 saturated carbocycles. The summed E-state index contributed by atoms with van der Waals surface area (Å²) < 4.78 is 57.6. The van der Waals surface area contributed by atoms with Gasteiger partial charge in [0.1, 0.15) is 6.11 Å². The SMILES string of the molecule is C#CC#CC#CC#CC#CC#CC#CC#CC#COP1(=O)OCC2(CO1)COP(=O)(OCCCCCCCCCCCCCCCCCC)OC2. The van der Waals surface area contributed by atoms with Gasteiger partial charge in [-0.1, -0.05) is 103 Å². The highest BCUT2D eigenvalue weighted by Gasteiger charge is 2.50. The van der Waals surface area contributed by atoms with E-state index >= 15 is 0 Å². The zero-order valence-corrected chi connectivity index (χ0v) is 31.4. The minimum atomic E-state index is -3.94. The maximum Gasteiger partial charge on any atom is 0.538 e. The van der Waals surface area contributed by atoms with Crippen LogP contribution in [0.15, 0.2) is 0 Å². The van der Waals surface area contributed by atoms with E-state index in [1.807, 2.05) is 0 Å². The predicted molar refractivity (Wildman–Crippen MR) is 199 cm³/mol. The second-order valence-corrected chi connectivity index (χ2v) is 15.1. The van der Waals surface area contributed by atoms with E-state index in [1.165, 1.54) is 83.5 Å². The molecule has 2 saturated heterocycles. The third-order valence-electron chi connectivity index (χ3n) is 7.52. The predicted octanol–water partition coefficient (Wildman–Crippen LogP) is 8.20. The van der Waals surface area contributed by atoms with E-state index in [0.717, 1.165) is 19.3 Å². The number of terminal acetylenes is 1. The van der Waals surface area contributed by atoms with E-state index in [4.69, 9.17) is 33.6 Å². The quantitative estimate of drug-likeness (QED) is 0.0748. The molecule has 2 aliphatic heterocycles. The molecule has 8 nitrogen and oxygen atoms in total. The van der Waals surface area contributed by atoms with Gasteiger partial charge in [0.05, 0.1) is 38.4 Å². The van der Waals surface area contributed by atoms with Crippen LogP contribution in [0.25, 0.3) is 0 Å². The van der Waals surface area contributed by atoms with Crippen molar-refractivity contribution in [1.29, 1.82) is 0 Å². The minimum absolute atomic E-state index is 0.00102. The molecule has 0 radical (unpaired) electrons. The second kappa shape index (κ2) is 27.8. The molecule has 51 heavy (non-hydrogen) atoms. The van der Waals surface area contributed by atoms with Gasteiger partial charge in [0.2, 0.25) is 0 Å². The standard InChI is InChI=1S/C41H46O8P2/c1-3-5-7-9-11-13-15-17-19-21-23-25-27-29-31-33-35-44-50(42)46-37-41(38-47-50)39-48-51(43,49-40-41)45-36-34-32-30-28-26-24-22-20-18-16-14-12-10-8-6-4-2/h1H,4,6,8,10,12,14,16,18,20,22,24,26,28,30,32,34,36-40H2,2H3. The lowest BCUT2D eigenvalue weighted by molar-refractivity contribution is -0.0918. The van der Waals surface area contributed by atoms with Crippen molar-refractivity contribution in [3.63, 3.8) is 0 Å². The molecule has 0 aromatic heterocycles. The van der Waals surface area contributed by atoms with Crippen LogP contribution in [0.1, 0.15) is 110 Å². The Morgan fingerprint density at radius 2 is 0.824 bits per heavy atom. The van der Waals surface area contributed by atoms with Crippen molar-refractivity contribution in [3.05, 3.63) is 0 Å². The molecule has 268 valence electrons. The van der Waals surface area contributed by atoms with Crippen LogP contribution in [0.3, 0.4) is 0 Å². The molecule has 2 heterocycles. The van der Waals surface area contributed by atoms with Gasteiger partial charge in [0.15, 0.2) is 0 Å². The molecule has 2 aliphatic rings. The van der Waals surface area contributed by atoms with E-state index in [-0.39, 0.29) is 26.4 Å². The average Bonchev–Trinajstić information content (AvgIpc) is 3.14. The molecular weight excluding hydrogens is 682 g/mol. The van der Waals surface area contributed by atoms with Crippen LogP contribution in [0.2, 0.25) is 0 Å². The van der Waals surface area contributed by atoms with Crippen molar-refractivity contribution in [2.24, 2.45) is 5.41 Å². The topological polar surface area (TPSA) is 89.5 Å². The summed E-state index contributed by atoms with van der Waals surface area (Å²) in [6.07, 6.45) is 27.5. The molecule has 2 fully saturated rings. The van der Waals surface area contributed by atoms with E-state index in [1.54, 1.807) is 0 Å². The lowest BCUT2D eigenvalue weighted by Gasteiger charge is -2.41. The molecule has 0 bridgehead atoms. The van der Waals surface area contributed by atoms with Gasteiger partial charge in [-0.3, -0.25) is 22.6 Å². The Morgan fingerprint density at radius 3 is 1.22 bits per heavy atom. The fourth-order valence-electron chi connectivity index (χ4n) is 4.69. The molecule has 0 atom stereocenters. The van der Waals surface area contributed by atoms with Gasteiger partial charge in [-0.2, -0.15) is 0 Å². The van der Waals surface area contributed by atoms with Crippen LogP contribution in [-0.4, -0.2) is 33.0 Å². The van der Waals surface area contributed by atoms with Crippen molar-refractivity contribution in [2.75, 3.05) is 33.0 Å². The summed E-state index contributed by atoms with van der Waals surface area (Å²) in [5, 5.41) is 0. The molecule has 0 unspecified atom stereocenters. The van der Waals surface area contributed by atoms with Crippen LogP contribution in [0, 0.1) is 113 Å². The van der Waals surface area contributed by atoms with Gasteiger partial charge < -0.3 is 4.52 Å². The van der Waals surface area contributed by atoms with Gasteiger partial charge in [0.25, 0.3) is 0 Å². The molecule has 10 heteroatoms. The smallest absolute Gasteiger partial charge is 0.349 e. The first-order chi connectivity index (χ1) is 24.9. The number of phosphoric ester groups is 2. The summed E-state index contributed by atoms with van der Waals surface area (Å²) in [7, 11) is -7.61. The molecule has 0 amide bonds. The van der Waals surface area contributed by atoms with Crippen molar-refractivity contribution < 1.29 is 36.3 Å². The first kappa shape index (κ1) is 43.3. The van der Waals surface area contributed by atoms with Gasteiger partial charge >= 0.3 is 15.6 Å². The lowest BCUT2D eigenvalue weighted by atomic mass is 9.93. The largest absolute Gasteiger partial charge is 0.538 e. The van der Waals surface area contributed by atoms with Gasteiger partial charge in [0, 0.05) is 47.4 Å². The highest BCUT2D eigenvalue weighted by molar-refractivity contribution is 7.49. The van der Waals surface area contributed by atoms with Crippen LogP contribution in [0.5, 0.6) is 0 Å². The Morgan fingerprint density at radius 1 is 0.490 bits per heavy atom. The summed E-state index contributed by atoms with van der Waals surface area (Å²) >= 11 is 0. The summed E-state index contributed by atoms with van der Waals surface area (Å²) in [6, 6.07) is 0. The van der Waals surface area contributed by atoms with Gasteiger partial charge in [-0.05, 0) is 53.8 Å². The van der Waals surface area contributed by atoms with Gasteiger partial charge in [-0.25, -0.2) is 9.13 Å². The molecule has 0 N–H and O–H groups in total. The Hall–Kier alpha value is -3.90. The first-order valence-corrected chi connectivity index (χ1v) is 20.4. The third kappa shape index (κ3) is 21.8. The second-order valence-electron chi connectivity index (χ2n) is 11.8. The van der Waals surface area contributed by atoms with Crippen LogP contribution >= 0.6 is 15.6 Å². The summed E-state index contributed by atoms with van der Waals surface area (Å²) in [5.41, 5.74) is -0.796. The molecule has 0 aliphatic carbocycles. The van der Waals surface area contributed by atoms with Crippen LogP contribution in [-0.2, 0) is 36.3 Å². The number of unbranched alkanes of at least 4 members (excludes halogenated alkanes) is 15. The molecular formula is C41H46O8P2. The van der Waals surface area contributed by atoms with E-state index in [9.17, 15) is 9.13 Å². The van der Waals surface area contributed by atoms with Gasteiger partial charge in [-0.15, -0.1) is 6.42 Å². The van der Waals surface area contributed by atoms with Crippen molar-refractivity contribution in [3.8, 4) is 107 Å². The van der Waals surface area contributed by atoms with Crippen molar-refractivity contribution in [1.82, 2.24) is 0 Å². The fourth-order valence-corrected chi connectivity index (χ4v) is 7.33. The van der Waals surface area contributed by atoms with Crippen molar-refractivity contribution in [2.45, 2.75) is 110 Å². The number of phosphoric acid groups is 2. The van der Waals surface area contributed by atoms with Crippen LogP contribution < -0.4 is 0 Å². The lowest BCUT2D eigenvalue weighted by Crippen LogP contribution is -2.45. The number of hydrogen-bond donors (Lipinski definition) is 0. The molecule has 2 rings (SSSR count). The molecule has 1 spiro atoms. The Bertz CT molecular complexity index is 1720. The highest BCUT2D eigenvalue weighted by Crippen LogP contribution is 2.59. The Balaban J connectivity index is 1.53. The highest BCUT2D eigenvalue weighted by atomic mass is 31.2. The van der Waals surface area contributed by atoms with E-state index < -0.39 is 21.1 Å². The van der Waals surface area contributed by atoms with E-state index in [2.05, 4.69) is 108 Å². The minimum Gasteiger partial charge on any atom is -0.349 e. The maximum atomic E-state index is 12.8. The zero-order valence-electron chi connectivity index (χ0n) is 29.6. The van der Waals surface area contributed by atoms with E-state index in [0.29, 0.717) is 6.61 Å². The average molecular weight is 729 g/mol. The normalized spacial score (nSPS) is 20.9. The van der Waals surface area contributed by atoms with Crippen molar-refractivity contribution >= 4 is 15.6 Å². The summed E-state index contributed by atoms with van der Waals surface area (Å²) in [4.78, 5) is 0. The summed E-state index contributed by atoms with van der Waals surface area (Å²) in [6.45, 7) is 2.43. The third-order valence-corrected chi connectivity index (χ3v) is 10.1. The summed E-state index contributed by atoms with van der Waals surface area (Å²) in [5.74, 6) is 38.7. The monoisotopic (exact) mass is 728 g/mol. The maximum absolute atomic E-state index is 12.8. The number of rotatable bonds is 19. The Labute approximate surface area is 306 Å². The fraction of sp³-hybridized carbons (Fsp3) is 0.561.